The maximum absolute atomic E-state index is 5.60. The molecule has 0 aliphatic heterocycles. The third kappa shape index (κ3) is 3.41. The van der Waals surface area contributed by atoms with Crippen LogP contribution in [0.4, 0.5) is 0 Å². The minimum absolute atomic E-state index is 0.917. The molecule has 0 N–H and O–H groups in total. The molecule has 0 unspecified atom stereocenters. The number of hydrogen-bond donors (Lipinski definition) is 0. The van der Waals surface area contributed by atoms with Crippen LogP contribution in [0.1, 0.15) is 11.1 Å². The maximum Gasteiger partial charge on any atom is 0.0943 e. The third-order valence-corrected chi connectivity index (χ3v) is 6.30. The van der Waals surface area contributed by atoms with E-state index >= 15 is 0 Å². The highest BCUT2D eigenvalue weighted by Crippen LogP contribution is 2.12. The first-order chi connectivity index (χ1) is 9.63. The molecule has 98 valence electrons. The van der Waals surface area contributed by atoms with Gasteiger partial charge in [-0.2, -0.15) is 0 Å². The molecule has 0 saturated carbocycles. The van der Waals surface area contributed by atoms with Crippen molar-refractivity contribution in [2.75, 3.05) is 0 Å². The minimum atomic E-state index is -1.61. The number of hydrogen-bond acceptors (Lipinski definition) is 0. The zero-order valence-electron chi connectivity index (χ0n) is 12.0. The fraction of sp³-hybridized carbons (Fsp3) is 0.158. The lowest BCUT2D eigenvalue weighted by Gasteiger charge is -2.21. The van der Waals surface area contributed by atoms with E-state index in [0.717, 1.165) is 17.2 Å². The fourth-order valence-electron chi connectivity index (χ4n) is 2.18. The molecule has 0 amide bonds. The van der Waals surface area contributed by atoms with Crippen molar-refractivity contribution in [3.05, 3.63) is 65.7 Å². The molecule has 0 heterocycles. The topological polar surface area (TPSA) is 0 Å². The van der Waals surface area contributed by atoms with E-state index in [1.54, 1.807) is 0 Å². The maximum atomic E-state index is 5.60. The molecule has 0 atom stereocenters. The van der Waals surface area contributed by atoms with Crippen molar-refractivity contribution in [1.82, 2.24) is 0 Å². The summed E-state index contributed by atoms with van der Waals surface area (Å²) in [4.78, 5) is 0. The van der Waals surface area contributed by atoms with Gasteiger partial charge < -0.3 is 0 Å². The summed E-state index contributed by atoms with van der Waals surface area (Å²) < 4.78 is 0. The molecule has 0 fully saturated rings. The third-order valence-electron chi connectivity index (χ3n) is 3.35. The van der Waals surface area contributed by atoms with Crippen LogP contribution in [-0.4, -0.2) is 8.07 Å². The van der Waals surface area contributed by atoms with E-state index in [1.165, 1.54) is 5.19 Å². The van der Waals surface area contributed by atoms with Gasteiger partial charge in [-0.15, -0.1) is 12.3 Å². The molecular formula is C19H18Si. The van der Waals surface area contributed by atoms with Crippen molar-refractivity contribution in [2.24, 2.45) is 0 Å². The predicted octanol–water partition coefficient (Wildman–Crippen LogP) is 3.64. The van der Waals surface area contributed by atoms with Crippen LogP contribution in [0.15, 0.2) is 54.6 Å². The van der Waals surface area contributed by atoms with Gasteiger partial charge in [-0.25, -0.2) is 0 Å². The van der Waals surface area contributed by atoms with E-state index in [9.17, 15) is 0 Å². The van der Waals surface area contributed by atoms with Gasteiger partial charge in [0.05, 0.1) is 8.07 Å². The van der Waals surface area contributed by atoms with Crippen LogP contribution in [0, 0.1) is 24.2 Å². The van der Waals surface area contributed by atoms with Crippen LogP contribution >= 0.6 is 0 Å². The van der Waals surface area contributed by atoms with Gasteiger partial charge in [0.1, 0.15) is 0 Å². The van der Waals surface area contributed by atoms with Crippen LogP contribution in [0.5, 0.6) is 0 Å². The van der Waals surface area contributed by atoms with Gasteiger partial charge in [0.15, 0.2) is 0 Å². The monoisotopic (exact) mass is 274 g/mol. The highest BCUT2D eigenvalue weighted by molar-refractivity contribution is 6.90. The summed E-state index contributed by atoms with van der Waals surface area (Å²) in [6.45, 7) is 4.64. The molecule has 1 heteroatoms. The van der Waals surface area contributed by atoms with E-state index in [-0.39, 0.29) is 0 Å². The van der Waals surface area contributed by atoms with Crippen molar-refractivity contribution in [3.8, 4) is 24.2 Å². The van der Waals surface area contributed by atoms with E-state index in [4.69, 9.17) is 6.42 Å². The average molecular weight is 274 g/mol. The lowest BCUT2D eigenvalue weighted by molar-refractivity contribution is 1.56. The average Bonchev–Trinajstić information content (AvgIpc) is 2.48. The standard InChI is InChI=1S/C19H18Si/c1-4-18-14-8-9-15-19(18)20(2,3)16-10-13-17-11-6-5-7-12-17/h1,5-9,11-12,14-15H,16H2,2-3H3. The zero-order chi connectivity index (χ0) is 14.4. The lowest BCUT2D eigenvalue weighted by Crippen LogP contribution is -2.42. The Hall–Kier alpha value is -2.22. The van der Waals surface area contributed by atoms with Gasteiger partial charge >= 0.3 is 0 Å². The predicted molar refractivity (Wildman–Crippen MR) is 89.6 cm³/mol. The quantitative estimate of drug-likeness (QED) is 0.579. The first-order valence-corrected chi connectivity index (χ1v) is 9.94. The molecule has 0 radical (unpaired) electrons. The highest BCUT2D eigenvalue weighted by atomic mass is 28.3. The van der Waals surface area contributed by atoms with Crippen molar-refractivity contribution >= 4 is 13.3 Å². The van der Waals surface area contributed by atoms with E-state index < -0.39 is 8.07 Å². The molecule has 0 aliphatic rings. The summed E-state index contributed by atoms with van der Waals surface area (Å²) in [5.74, 6) is 9.37. The van der Waals surface area contributed by atoms with Gasteiger partial charge in [-0.3, -0.25) is 0 Å². The molecule has 2 aromatic rings. The van der Waals surface area contributed by atoms with Crippen molar-refractivity contribution in [3.63, 3.8) is 0 Å². The minimum Gasteiger partial charge on any atom is -0.115 e. The Kier molecular flexibility index (Phi) is 4.46. The van der Waals surface area contributed by atoms with Gasteiger partial charge in [0.2, 0.25) is 0 Å². The van der Waals surface area contributed by atoms with Gasteiger partial charge in [0.25, 0.3) is 0 Å². The molecular weight excluding hydrogens is 256 g/mol. The Morgan fingerprint density at radius 3 is 2.30 bits per heavy atom. The second kappa shape index (κ2) is 6.28. The normalized spacial score (nSPS) is 10.2. The Labute approximate surface area is 122 Å². The van der Waals surface area contributed by atoms with Crippen molar-refractivity contribution in [1.29, 1.82) is 0 Å². The number of terminal acetylenes is 1. The molecule has 20 heavy (non-hydrogen) atoms. The largest absolute Gasteiger partial charge is 0.115 e. The summed E-state index contributed by atoms with van der Waals surface area (Å²) in [6.07, 6.45) is 5.60. The molecule has 0 aliphatic carbocycles. The van der Waals surface area contributed by atoms with E-state index in [0.29, 0.717) is 0 Å². The van der Waals surface area contributed by atoms with Crippen LogP contribution in [0.25, 0.3) is 0 Å². The van der Waals surface area contributed by atoms with Crippen LogP contribution < -0.4 is 5.19 Å². The first kappa shape index (κ1) is 14.2. The lowest BCUT2D eigenvalue weighted by atomic mass is 10.2. The van der Waals surface area contributed by atoms with Crippen molar-refractivity contribution < 1.29 is 0 Å². The molecule has 0 bridgehead atoms. The second-order valence-corrected chi connectivity index (χ2v) is 10.1. The summed E-state index contributed by atoms with van der Waals surface area (Å²) in [5.41, 5.74) is 2.09. The summed E-state index contributed by atoms with van der Waals surface area (Å²) in [5, 5.41) is 1.32. The SMILES string of the molecule is C#Cc1ccccc1[Si](C)(C)CC#Cc1ccccc1. The second-order valence-electron chi connectivity index (χ2n) is 5.42. The van der Waals surface area contributed by atoms with E-state index in [1.807, 2.05) is 42.5 Å². The van der Waals surface area contributed by atoms with Gasteiger partial charge in [0, 0.05) is 17.2 Å². The van der Waals surface area contributed by atoms with Crippen LogP contribution in [0.3, 0.4) is 0 Å². The number of rotatable bonds is 2. The van der Waals surface area contributed by atoms with Gasteiger partial charge in [-0.05, 0) is 23.4 Å². The summed E-state index contributed by atoms with van der Waals surface area (Å²) in [6, 6.07) is 19.3. The van der Waals surface area contributed by atoms with E-state index in [2.05, 4.69) is 43.0 Å². The molecule has 0 spiro atoms. The Morgan fingerprint density at radius 2 is 1.60 bits per heavy atom. The van der Waals surface area contributed by atoms with Gasteiger partial charge in [-0.1, -0.05) is 61.3 Å². The zero-order valence-corrected chi connectivity index (χ0v) is 13.0. The summed E-state index contributed by atoms with van der Waals surface area (Å²) >= 11 is 0. The smallest absolute Gasteiger partial charge is 0.0943 e. The van der Waals surface area contributed by atoms with Crippen LogP contribution in [0.2, 0.25) is 19.1 Å². The van der Waals surface area contributed by atoms with Crippen molar-refractivity contribution in [2.45, 2.75) is 19.1 Å². The Balaban J connectivity index is 2.20. The van der Waals surface area contributed by atoms with Crippen LogP contribution in [-0.2, 0) is 0 Å². The summed E-state index contributed by atoms with van der Waals surface area (Å²) in [7, 11) is -1.61. The Morgan fingerprint density at radius 1 is 0.950 bits per heavy atom. The molecule has 2 rings (SSSR count). The number of benzene rings is 2. The molecule has 0 nitrogen and oxygen atoms in total. The Bertz CT molecular complexity index is 679. The fourth-order valence-corrected chi connectivity index (χ4v) is 4.34. The highest BCUT2D eigenvalue weighted by Gasteiger charge is 2.24. The molecule has 2 aromatic carbocycles. The molecule has 0 aromatic heterocycles. The first-order valence-electron chi connectivity index (χ1n) is 6.73. The molecule has 0 saturated heterocycles.